The van der Waals surface area contributed by atoms with Gasteiger partial charge in [-0.1, -0.05) is 11.6 Å². The molecule has 1 amide bonds. The number of piperidine rings is 1. The third kappa shape index (κ3) is 4.04. The van der Waals surface area contributed by atoms with Gasteiger partial charge in [0.2, 0.25) is 5.91 Å². The number of nitrogens with zero attached hydrogens (tertiary/aromatic N) is 3. The van der Waals surface area contributed by atoms with Crippen molar-refractivity contribution < 1.29 is 9.53 Å². The highest BCUT2D eigenvalue weighted by molar-refractivity contribution is 6.31. The molecule has 1 saturated heterocycles. The molecule has 6 nitrogen and oxygen atoms in total. The first-order valence-corrected chi connectivity index (χ1v) is 7.51. The van der Waals surface area contributed by atoms with Crippen molar-refractivity contribution in [2.45, 2.75) is 25.8 Å². The van der Waals surface area contributed by atoms with Gasteiger partial charge in [-0.3, -0.25) is 4.79 Å². The summed E-state index contributed by atoms with van der Waals surface area (Å²) in [5, 5.41) is 3.27. The van der Waals surface area contributed by atoms with Crippen LogP contribution in [0.3, 0.4) is 0 Å². The normalized spacial score (nSPS) is 22.1. The van der Waals surface area contributed by atoms with Crippen LogP contribution in [0.4, 0.5) is 5.82 Å². The highest BCUT2D eigenvalue weighted by Gasteiger charge is 2.31. The predicted molar refractivity (Wildman–Crippen MR) is 81.5 cm³/mol. The molecule has 116 valence electrons. The molecule has 0 spiro atoms. The lowest BCUT2D eigenvalue weighted by Crippen LogP contribution is -2.48. The summed E-state index contributed by atoms with van der Waals surface area (Å²) in [5.74, 6) is 0.654. The predicted octanol–water partition coefficient (Wildman–Crippen LogP) is 1.50. The van der Waals surface area contributed by atoms with Crippen LogP contribution in [0.15, 0.2) is 12.4 Å². The van der Waals surface area contributed by atoms with Gasteiger partial charge in [0.25, 0.3) is 0 Å². The number of carbonyl (C=O) groups is 1. The smallest absolute Gasteiger partial charge is 0.224 e. The summed E-state index contributed by atoms with van der Waals surface area (Å²) < 4.78 is 4.94. The first-order chi connectivity index (χ1) is 10.1. The zero-order chi connectivity index (χ0) is 15.2. The Kier molecular flexibility index (Phi) is 5.76. The average molecular weight is 313 g/mol. The Bertz CT molecular complexity index is 486. The molecule has 0 bridgehead atoms. The molecule has 2 rings (SSSR count). The van der Waals surface area contributed by atoms with Gasteiger partial charge in [-0.25, -0.2) is 9.97 Å². The van der Waals surface area contributed by atoms with Gasteiger partial charge in [-0.05, 0) is 19.8 Å². The summed E-state index contributed by atoms with van der Waals surface area (Å²) in [6.45, 7) is 3.78. The Morgan fingerprint density at radius 2 is 2.24 bits per heavy atom. The van der Waals surface area contributed by atoms with Gasteiger partial charge < -0.3 is 15.0 Å². The first kappa shape index (κ1) is 16.0. The second-order valence-corrected chi connectivity index (χ2v) is 5.59. The molecule has 21 heavy (non-hydrogen) atoms. The number of anilines is 1. The molecule has 1 fully saturated rings. The van der Waals surface area contributed by atoms with Crippen molar-refractivity contribution >= 4 is 23.3 Å². The summed E-state index contributed by atoms with van der Waals surface area (Å²) in [7, 11) is 1.62. The van der Waals surface area contributed by atoms with Crippen LogP contribution in [0, 0.1) is 5.92 Å². The molecular formula is C14H21ClN4O2. The number of carbonyl (C=O) groups excluding carboxylic acids is 1. The summed E-state index contributed by atoms with van der Waals surface area (Å²) in [6.07, 6.45) is 4.98. The Hall–Kier alpha value is -1.40. The van der Waals surface area contributed by atoms with Crippen molar-refractivity contribution in [2.24, 2.45) is 5.92 Å². The van der Waals surface area contributed by atoms with E-state index in [0.717, 1.165) is 12.8 Å². The molecule has 0 saturated carbocycles. The largest absolute Gasteiger partial charge is 0.383 e. The zero-order valence-corrected chi connectivity index (χ0v) is 13.1. The summed E-state index contributed by atoms with van der Waals surface area (Å²) in [5.41, 5.74) is 0. The number of hydrogen-bond acceptors (Lipinski definition) is 5. The number of hydrogen-bond donors (Lipinski definition) is 1. The molecule has 1 aliphatic heterocycles. The van der Waals surface area contributed by atoms with Gasteiger partial charge in [-0.2, -0.15) is 0 Å². The van der Waals surface area contributed by atoms with Crippen LogP contribution in [0.5, 0.6) is 0 Å². The molecular weight excluding hydrogens is 292 g/mol. The Labute approximate surface area is 129 Å². The second kappa shape index (κ2) is 7.56. The van der Waals surface area contributed by atoms with Gasteiger partial charge in [0.05, 0.1) is 12.5 Å². The maximum Gasteiger partial charge on any atom is 0.224 e. The number of amides is 1. The molecule has 1 aliphatic rings. The Morgan fingerprint density at radius 1 is 1.48 bits per heavy atom. The lowest BCUT2D eigenvalue weighted by Gasteiger charge is -2.38. The molecule has 0 unspecified atom stereocenters. The van der Waals surface area contributed by atoms with Crippen LogP contribution in [0.25, 0.3) is 0 Å². The van der Waals surface area contributed by atoms with Gasteiger partial charge in [-0.15, -0.1) is 0 Å². The lowest BCUT2D eigenvalue weighted by atomic mass is 9.92. The van der Waals surface area contributed by atoms with E-state index in [-0.39, 0.29) is 11.8 Å². The van der Waals surface area contributed by atoms with E-state index >= 15 is 0 Å². The molecule has 0 aliphatic carbocycles. The van der Waals surface area contributed by atoms with Crippen LogP contribution >= 0.6 is 11.6 Å². The number of nitrogens with one attached hydrogen (secondary N) is 1. The van der Waals surface area contributed by atoms with Crippen molar-refractivity contribution in [3.05, 3.63) is 17.5 Å². The van der Waals surface area contributed by atoms with Crippen molar-refractivity contribution in [1.29, 1.82) is 0 Å². The van der Waals surface area contributed by atoms with Crippen LogP contribution in [-0.4, -0.2) is 48.7 Å². The highest BCUT2D eigenvalue weighted by atomic mass is 35.5. The fraction of sp³-hybridized carbons (Fsp3) is 0.643. The third-order valence-electron chi connectivity index (χ3n) is 3.77. The number of rotatable bonds is 5. The van der Waals surface area contributed by atoms with Crippen LogP contribution in [0.1, 0.15) is 19.8 Å². The maximum absolute atomic E-state index is 12.2. The highest BCUT2D eigenvalue weighted by Crippen LogP contribution is 2.29. The third-order valence-corrected chi connectivity index (χ3v) is 4.03. The fourth-order valence-corrected chi connectivity index (χ4v) is 2.76. The van der Waals surface area contributed by atoms with Crippen molar-refractivity contribution in [3.63, 3.8) is 0 Å². The molecule has 0 radical (unpaired) electrons. The van der Waals surface area contributed by atoms with E-state index in [1.54, 1.807) is 19.5 Å². The fourth-order valence-electron chi connectivity index (χ4n) is 2.54. The summed E-state index contributed by atoms with van der Waals surface area (Å²) in [6, 6.07) is 0.294. The molecule has 2 heterocycles. The van der Waals surface area contributed by atoms with E-state index in [9.17, 15) is 4.79 Å². The monoisotopic (exact) mass is 312 g/mol. The topological polar surface area (TPSA) is 67.3 Å². The van der Waals surface area contributed by atoms with Gasteiger partial charge in [0, 0.05) is 38.6 Å². The van der Waals surface area contributed by atoms with Crippen molar-refractivity contribution in [3.8, 4) is 0 Å². The quantitative estimate of drug-likeness (QED) is 0.835. The second-order valence-electron chi connectivity index (χ2n) is 5.23. The maximum atomic E-state index is 12.2. The van der Waals surface area contributed by atoms with Gasteiger partial charge in [0.15, 0.2) is 11.0 Å². The SMILES string of the molecule is COCCNC(=O)[C@@H]1CC[C@@H](C)N(c2nccnc2Cl)C1. The standard InChI is InChI=1S/C14H21ClN4O2/c1-10-3-4-11(14(20)18-7-8-21-2)9-19(10)13-12(15)16-5-6-17-13/h5-6,10-11H,3-4,7-9H2,1-2H3,(H,18,20)/t10-,11-/m1/s1. The van der Waals surface area contributed by atoms with Crippen LogP contribution in [-0.2, 0) is 9.53 Å². The number of ether oxygens (including phenoxy) is 1. The average Bonchev–Trinajstić information content (AvgIpc) is 2.49. The minimum Gasteiger partial charge on any atom is -0.383 e. The number of halogens is 1. The molecule has 1 aromatic rings. The van der Waals surface area contributed by atoms with E-state index in [1.165, 1.54) is 0 Å². The molecule has 1 N–H and O–H groups in total. The molecule has 2 atom stereocenters. The minimum absolute atomic E-state index is 0.0591. The zero-order valence-electron chi connectivity index (χ0n) is 12.4. The first-order valence-electron chi connectivity index (χ1n) is 7.13. The van der Waals surface area contributed by atoms with E-state index in [0.29, 0.717) is 36.7 Å². The molecule has 1 aromatic heterocycles. The summed E-state index contributed by atoms with van der Waals surface area (Å²) in [4.78, 5) is 22.6. The Morgan fingerprint density at radius 3 is 2.95 bits per heavy atom. The van der Waals surface area contributed by atoms with Crippen molar-refractivity contribution in [2.75, 3.05) is 31.7 Å². The van der Waals surface area contributed by atoms with Gasteiger partial charge in [0.1, 0.15) is 0 Å². The Balaban J connectivity index is 2.02. The van der Waals surface area contributed by atoms with Crippen LogP contribution in [0.2, 0.25) is 5.15 Å². The minimum atomic E-state index is -0.0591. The van der Waals surface area contributed by atoms with Crippen molar-refractivity contribution in [1.82, 2.24) is 15.3 Å². The van der Waals surface area contributed by atoms with E-state index in [4.69, 9.17) is 16.3 Å². The number of aromatic nitrogens is 2. The van der Waals surface area contributed by atoms with E-state index in [2.05, 4.69) is 27.1 Å². The van der Waals surface area contributed by atoms with E-state index < -0.39 is 0 Å². The number of methoxy groups -OCH3 is 1. The summed E-state index contributed by atoms with van der Waals surface area (Å²) >= 11 is 6.12. The lowest BCUT2D eigenvalue weighted by molar-refractivity contribution is -0.125. The van der Waals surface area contributed by atoms with E-state index in [1.807, 2.05) is 0 Å². The molecule has 7 heteroatoms. The van der Waals surface area contributed by atoms with Gasteiger partial charge >= 0.3 is 0 Å². The molecule has 0 aromatic carbocycles. The van der Waals surface area contributed by atoms with Crippen LogP contribution < -0.4 is 10.2 Å².